The Bertz CT molecular complexity index is 132. The van der Waals surface area contributed by atoms with Crippen molar-refractivity contribution >= 4 is 5.97 Å². The van der Waals surface area contributed by atoms with E-state index in [4.69, 9.17) is 5.11 Å². The normalized spacial score (nSPS) is 13.3. The van der Waals surface area contributed by atoms with E-state index in [-0.39, 0.29) is 18.4 Å². The number of unbranched alkanes of at least 4 members (excludes halogenated alkanes) is 1. The van der Waals surface area contributed by atoms with E-state index in [1.807, 2.05) is 13.8 Å². The topological polar surface area (TPSA) is 57.5 Å². The summed E-state index contributed by atoms with van der Waals surface area (Å²) in [5.74, 6) is -0.483. The Morgan fingerprint density at radius 1 is 1.33 bits per heavy atom. The van der Waals surface area contributed by atoms with Gasteiger partial charge in [0.05, 0.1) is 6.10 Å². The molecule has 12 heavy (non-hydrogen) atoms. The summed E-state index contributed by atoms with van der Waals surface area (Å²) in [5, 5.41) is 17.7. The molecule has 0 bridgehead atoms. The van der Waals surface area contributed by atoms with Crippen LogP contribution in [0.15, 0.2) is 0 Å². The van der Waals surface area contributed by atoms with Crippen molar-refractivity contribution in [3.05, 3.63) is 0 Å². The van der Waals surface area contributed by atoms with Crippen LogP contribution in [-0.2, 0) is 4.79 Å². The molecule has 3 heteroatoms. The van der Waals surface area contributed by atoms with Gasteiger partial charge in [-0.3, -0.25) is 4.79 Å². The van der Waals surface area contributed by atoms with Gasteiger partial charge < -0.3 is 10.2 Å². The SMILES string of the molecule is CC(C)C(O)CCCCC(=O)O. The Labute approximate surface area is 73.4 Å². The molecular weight excluding hydrogens is 156 g/mol. The standard InChI is InChI=1S/C9H18O3/c1-7(2)8(10)5-3-4-6-9(11)12/h7-8,10H,3-6H2,1-2H3,(H,11,12). The lowest BCUT2D eigenvalue weighted by Crippen LogP contribution is -2.14. The van der Waals surface area contributed by atoms with E-state index < -0.39 is 5.97 Å². The van der Waals surface area contributed by atoms with Crippen molar-refractivity contribution in [2.24, 2.45) is 5.92 Å². The molecule has 0 aliphatic rings. The molecule has 1 atom stereocenters. The van der Waals surface area contributed by atoms with E-state index in [1.165, 1.54) is 0 Å². The minimum absolute atomic E-state index is 0.213. The van der Waals surface area contributed by atoms with Gasteiger partial charge in [-0.15, -0.1) is 0 Å². The highest BCUT2D eigenvalue weighted by atomic mass is 16.4. The van der Waals surface area contributed by atoms with Gasteiger partial charge in [0.15, 0.2) is 0 Å². The van der Waals surface area contributed by atoms with Crippen LogP contribution in [0.2, 0.25) is 0 Å². The molecule has 0 heterocycles. The number of aliphatic hydroxyl groups excluding tert-OH is 1. The van der Waals surface area contributed by atoms with Crippen LogP contribution in [0.4, 0.5) is 0 Å². The van der Waals surface area contributed by atoms with Crippen molar-refractivity contribution in [2.45, 2.75) is 45.6 Å². The lowest BCUT2D eigenvalue weighted by Gasteiger charge is -2.13. The smallest absolute Gasteiger partial charge is 0.303 e. The van der Waals surface area contributed by atoms with Gasteiger partial charge in [-0.2, -0.15) is 0 Å². The highest BCUT2D eigenvalue weighted by Crippen LogP contribution is 2.10. The van der Waals surface area contributed by atoms with Crippen LogP contribution < -0.4 is 0 Å². The molecule has 3 nitrogen and oxygen atoms in total. The molecule has 0 rings (SSSR count). The average molecular weight is 174 g/mol. The van der Waals surface area contributed by atoms with E-state index in [0.717, 1.165) is 6.42 Å². The molecule has 0 spiro atoms. The van der Waals surface area contributed by atoms with Crippen LogP contribution in [0, 0.1) is 5.92 Å². The van der Waals surface area contributed by atoms with Crippen molar-refractivity contribution in [2.75, 3.05) is 0 Å². The van der Waals surface area contributed by atoms with E-state index in [0.29, 0.717) is 12.8 Å². The number of hydrogen-bond donors (Lipinski definition) is 2. The lowest BCUT2D eigenvalue weighted by atomic mass is 10.0. The third-order valence-electron chi connectivity index (χ3n) is 1.91. The van der Waals surface area contributed by atoms with Crippen molar-refractivity contribution in [1.82, 2.24) is 0 Å². The Morgan fingerprint density at radius 2 is 1.92 bits per heavy atom. The maximum atomic E-state index is 10.1. The fraction of sp³-hybridized carbons (Fsp3) is 0.889. The number of rotatable bonds is 6. The molecule has 0 aromatic rings. The Balaban J connectivity index is 3.25. The number of carbonyl (C=O) groups is 1. The first-order valence-corrected chi connectivity index (χ1v) is 4.44. The number of aliphatic carboxylic acids is 1. The highest BCUT2D eigenvalue weighted by molar-refractivity contribution is 5.66. The Hall–Kier alpha value is -0.570. The minimum Gasteiger partial charge on any atom is -0.481 e. The molecular formula is C9H18O3. The lowest BCUT2D eigenvalue weighted by molar-refractivity contribution is -0.137. The zero-order valence-corrected chi connectivity index (χ0v) is 7.79. The van der Waals surface area contributed by atoms with E-state index in [2.05, 4.69) is 0 Å². The molecule has 0 aliphatic carbocycles. The van der Waals surface area contributed by atoms with Crippen molar-refractivity contribution < 1.29 is 15.0 Å². The Morgan fingerprint density at radius 3 is 2.33 bits per heavy atom. The van der Waals surface area contributed by atoms with Gasteiger partial charge in [-0.25, -0.2) is 0 Å². The number of carboxylic acids is 1. The number of aliphatic hydroxyl groups is 1. The first-order valence-electron chi connectivity index (χ1n) is 4.44. The highest BCUT2D eigenvalue weighted by Gasteiger charge is 2.08. The second kappa shape index (κ2) is 6.00. The van der Waals surface area contributed by atoms with Crippen LogP contribution in [0.1, 0.15) is 39.5 Å². The monoisotopic (exact) mass is 174 g/mol. The predicted octanol–water partition coefficient (Wildman–Crippen LogP) is 1.65. The summed E-state index contributed by atoms with van der Waals surface area (Å²) in [7, 11) is 0. The quantitative estimate of drug-likeness (QED) is 0.602. The molecule has 0 radical (unpaired) electrons. The van der Waals surface area contributed by atoms with Crippen molar-refractivity contribution in [3.63, 3.8) is 0 Å². The third kappa shape index (κ3) is 6.16. The number of hydrogen-bond acceptors (Lipinski definition) is 2. The third-order valence-corrected chi connectivity index (χ3v) is 1.91. The molecule has 0 saturated heterocycles. The fourth-order valence-corrected chi connectivity index (χ4v) is 0.963. The van der Waals surface area contributed by atoms with Gasteiger partial charge in [0.1, 0.15) is 0 Å². The molecule has 0 saturated carbocycles. The molecule has 1 unspecified atom stereocenters. The summed E-state index contributed by atoms with van der Waals surface area (Å²) in [5.41, 5.74) is 0. The van der Waals surface area contributed by atoms with Crippen LogP contribution in [-0.4, -0.2) is 22.3 Å². The zero-order valence-electron chi connectivity index (χ0n) is 7.79. The fourth-order valence-electron chi connectivity index (χ4n) is 0.963. The first-order chi connectivity index (χ1) is 5.54. The molecule has 0 amide bonds. The molecule has 0 aliphatic heterocycles. The molecule has 72 valence electrons. The van der Waals surface area contributed by atoms with Gasteiger partial charge >= 0.3 is 5.97 Å². The summed E-state index contributed by atoms with van der Waals surface area (Å²) >= 11 is 0. The number of carboxylic acid groups (broad SMARTS) is 1. The molecule has 0 fully saturated rings. The molecule has 0 aromatic heterocycles. The van der Waals surface area contributed by atoms with Crippen LogP contribution in [0.5, 0.6) is 0 Å². The van der Waals surface area contributed by atoms with E-state index in [9.17, 15) is 9.90 Å². The van der Waals surface area contributed by atoms with Crippen LogP contribution in [0.25, 0.3) is 0 Å². The second-order valence-electron chi connectivity index (χ2n) is 3.45. The second-order valence-corrected chi connectivity index (χ2v) is 3.45. The first kappa shape index (κ1) is 11.4. The average Bonchev–Trinajstić information content (AvgIpc) is 1.97. The van der Waals surface area contributed by atoms with Gasteiger partial charge in [-0.05, 0) is 18.8 Å². The van der Waals surface area contributed by atoms with Gasteiger partial charge in [0.25, 0.3) is 0 Å². The Kier molecular flexibility index (Phi) is 5.72. The van der Waals surface area contributed by atoms with Crippen molar-refractivity contribution in [3.8, 4) is 0 Å². The largest absolute Gasteiger partial charge is 0.481 e. The summed E-state index contributed by atoms with van der Waals surface area (Å²) in [4.78, 5) is 10.1. The van der Waals surface area contributed by atoms with Crippen molar-refractivity contribution in [1.29, 1.82) is 0 Å². The summed E-state index contributed by atoms with van der Waals surface area (Å²) in [6.45, 7) is 3.92. The van der Waals surface area contributed by atoms with E-state index in [1.54, 1.807) is 0 Å². The van der Waals surface area contributed by atoms with Gasteiger partial charge in [0.2, 0.25) is 0 Å². The summed E-state index contributed by atoms with van der Waals surface area (Å²) < 4.78 is 0. The maximum Gasteiger partial charge on any atom is 0.303 e. The summed E-state index contributed by atoms with van der Waals surface area (Å²) in [6.07, 6.45) is 2.11. The molecule has 2 N–H and O–H groups in total. The zero-order chi connectivity index (χ0) is 9.56. The predicted molar refractivity (Wildman–Crippen MR) is 46.9 cm³/mol. The maximum absolute atomic E-state index is 10.1. The molecule has 0 aromatic carbocycles. The van der Waals surface area contributed by atoms with Gasteiger partial charge in [0, 0.05) is 6.42 Å². The van der Waals surface area contributed by atoms with Gasteiger partial charge in [-0.1, -0.05) is 20.3 Å². The summed E-state index contributed by atoms with van der Waals surface area (Å²) in [6, 6.07) is 0. The van der Waals surface area contributed by atoms with E-state index >= 15 is 0 Å². The van der Waals surface area contributed by atoms with Crippen LogP contribution in [0.3, 0.4) is 0 Å². The van der Waals surface area contributed by atoms with Crippen LogP contribution >= 0.6 is 0 Å². The minimum atomic E-state index is -0.756.